The zero-order valence-corrected chi connectivity index (χ0v) is 33.5. The zero-order chi connectivity index (χ0) is 38.5. The van der Waals surface area contributed by atoms with E-state index in [9.17, 15) is 31.1 Å². The molecule has 6 rings (SSSR count). The summed E-state index contributed by atoms with van der Waals surface area (Å²) in [4.78, 5) is 15.5. The fraction of sp³-hybridized carbons (Fsp3) is 0.293. The number of rotatable bonds is 4. The SMILES string of the molecule is CC(C)/C(O)=C/C(=O)C(F)(F)F.Cc1cc2ccccc2c(C)c1-c1sc2c(-c3[c-]c4ccccc4c(C(C)(C)C)c3)nc[n+](C(F)(F)F)c2c1C.[Ir]. The minimum Gasteiger partial charge on any atom is -0.512 e. The molecule has 0 saturated carbocycles. The predicted octanol–water partition coefficient (Wildman–Crippen LogP) is 11.9. The van der Waals surface area contributed by atoms with Crippen LogP contribution in [0.3, 0.4) is 0 Å². The van der Waals surface area contributed by atoms with Gasteiger partial charge in [0.15, 0.2) is 5.52 Å². The van der Waals surface area contributed by atoms with E-state index < -0.39 is 29.9 Å². The van der Waals surface area contributed by atoms with Crippen molar-refractivity contribution < 1.29 is 60.9 Å². The Morgan fingerprint density at radius 3 is 2.09 bits per heavy atom. The van der Waals surface area contributed by atoms with Crippen LogP contribution in [0.25, 0.3) is 53.5 Å². The third-order valence-corrected chi connectivity index (χ3v) is 10.2. The van der Waals surface area contributed by atoms with E-state index in [1.165, 1.54) is 25.2 Å². The number of aliphatic hydroxyl groups is 1. The van der Waals surface area contributed by atoms with Crippen LogP contribution in [0.4, 0.5) is 26.3 Å². The van der Waals surface area contributed by atoms with Crippen LogP contribution in [0.2, 0.25) is 0 Å². The maximum atomic E-state index is 14.4. The molecule has 0 spiro atoms. The molecule has 281 valence electrons. The van der Waals surface area contributed by atoms with Gasteiger partial charge in [-0.1, -0.05) is 99.1 Å². The fourth-order valence-corrected chi connectivity index (χ4v) is 7.70. The molecule has 12 heteroatoms. The second-order valence-electron chi connectivity index (χ2n) is 14.1. The second-order valence-corrected chi connectivity index (χ2v) is 15.1. The topological polar surface area (TPSA) is 54.1 Å². The van der Waals surface area contributed by atoms with Crippen LogP contribution in [0.15, 0.2) is 78.8 Å². The number of allylic oxidation sites excluding steroid dienone is 2. The number of alkyl halides is 6. The van der Waals surface area contributed by atoms with Crippen molar-refractivity contribution in [2.75, 3.05) is 0 Å². The van der Waals surface area contributed by atoms with Gasteiger partial charge < -0.3 is 5.11 Å². The number of carbonyl (C=O) groups is 1. The Morgan fingerprint density at radius 2 is 1.51 bits per heavy atom. The van der Waals surface area contributed by atoms with E-state index in [-0.39, 0.29) is 37.1 Å². The van der Waals surface area contributed by atoms with Gasteiger partial charge in [0.1, 0.15) is 5.69 Å². The number of carbonyl (C=O) groups excluding carboxylic acids is 1. The first kappa shape index (κ1) is 41.6. The Hall–Kier alpha value is -4.12. The van der Waals surface area contributed by atoms with Crippen LogP contribution in [0, 0.1) is 32.8 Å². The Bertz CT molecular complexity index is 2370. The van der Waals surface area contributed by atoms with E-state index in [1.807, 2.05) is 43.3 Å². The van der Waals surface area contributed by atoms with Crippen molar-refractivity contribution >= 4 is 48.9 Å². The van der Waals surface area contributed by atoms with Gasteiger partial charge in [0.25, 0.3) is 12.1 Å². The molecule has 0 amide bonds. The molecule has 1 N–H and O–H groups in total. The average molecular weight is 929 g/mol. The number of thiophene rings is 1. The van der Waals surface area contributed by atoms with Crippen molar-refractivity contribution in [3.63, 3.8) is 0 Å². The Labute approximate surface area is 321 Å². The number of benzene rings is 4. The first-order valence-electron chi connectivity index (χ1n) is 16.5. The van der Waals surface area contributed by atoms with Crippen molar-refractivity contribution in [2.24, 2.45) is 5.92 Å². The molecular formula is C41H38F6IrN2O2S. The van der Waals surface area contributed by atoms with Crippen LogP contribution in [0.1, 0.15) is 56.9 Å². The number of nitrogens with zero attached hydrogens (tertiary/aromatic N) is 2. The van der Waals surface area contributed by atoms with Gasteiger partial charge >= 0.3 is 12.5 Å². The normalized spacial score (nSPS) is 12.6. The molecule has 2 aromatic heterocycles. The predicted molar refractivity (Wildman–Crippen MR) is 195 cm³/mol. The van der Waals surface area contributed by atoms with Gasteiger partial charge in [0.05, 0.1) is 10.5 Å². The first-order chi connectivity index (χ1) is 24.1. The van der Waals surface area contributed by atoms with Gasteiger partial charge in [-0.2, -0.15) is 13.2 Å². The van der Waals surface area contributed by atoms with E-state index in [4.69, 9.17) is 5.11 Å². The van der Waals surface area contributed by atoms with Crippen LogP contribution >= 0.6 is 11.3 Å². The van der Waals surface area contributed by atoms with Gasteiger partial charge in [-0.3, -0.25) is 4.79 Å². The summed E-state index contributed by atoms with van der Waals surface area (Å²) in [5.41, 5.74) is 5.95. The summed E-state index contributed by atoms with van der Waals surface area (Å²) < 4.78 is 78.6. The number of ketones is 1. The summed E-state index contributed by atoms with van der Waals surface area (Å²) in [6, 6.07) is 23.8. The summed E-state index contributed by atoms with van der Waals surface area (Å²) >= 11 is 1.38. The fourth-order valence-electron chi connectivity index (χ4n) is 6.22. The van der Waals surface area contributed by atoms with Crippen molar-refractivity contribution in [3.8, 4) is 21.7 Å². The monoisotopic (exact) mass is 929 g/mol. The van der Waals surface area contributed by atoms with Crippen molar-refractivity contribution in [3.05, 3.63) is 107 Å². The summed E-state index contributed by atoms with van der Waals surface area (Å²) in [6.07, 6.45) is -8.39. The minimum absolute atomic E-state index is 0. The van der Waals surface area contributed by atoms with Crippen molar-refractivity contribution in [2.45, 2.75) is 73.3 Å². The van der Waals surface area contributed by atoms with Crippen LogP contribution in [-0.2, 0) is 36.6 Å². The number of aliphatic hydroxyl groups excluding tert-OH is 1. The third kappa shape index (κ3) is 8.50. The summed E-state index contributed by atoms with van der Waals surface area (Å²) in [5.74, 6) is -3.07. The molecule has 4 aromatic carbocycles. The van der Waals surface area contributed by atoms with E-state index in [2.05, 4.69) is 63.0 Å². The number of fused-ring (bicyclic) bond motifs is 3. The van der Waals surface area contributed by atoms with E-state index in [0.29, 0.717) is 26.1 Å². The molecular weight excluding hydrogens is 891 g/mol. The standard InChI is InChI=1S/C34H29F3N2S.C7H9F3O2.Ir/c1-19-15-22-11-7-9-13-25(22)20(2)28(19)31-21(3)30-32(40-31)29(38-18-39(30)34(35,36)37)24-16-23-12-8-10-14-26(23)27(17-24)33(4,5)6;1-4(2)5(11)3-6(12)7(8,9)10;/h7-15,17-18H,1-6H3;3-4,11H,1-2H3;/b;5-3-;. The van der Waals surface area contributed by atoms with Gasteiger partial charge in [0, 0.05) is 42.5 Å². The van der Waals surface area contributed by atoms with Gasteiger partial charge in [-0.05, 0) is 53.6 Å². The Kier molecular flexibility index (Phi) is 12.0. The number of hydrogen-bond donors (Lipinski definition) is 1. The zero-order valence-electron chi connectivity index (χ0n) is 30.3. The van der Waals surface area contributed by atoms with Crippen LogP contribution in [0.5, 0.6) is 0 Å². The van der Waals surface area contributed by atoms with Crippen LogP contribution < -0.4 is 4.57 Å². The average Bonchev–Trinajstić information content (AvgIpc) is 3.38. The number of hydrogen-bond acceptors (Lipinski definition) is 4. The Morgan fingerprint density at radius 1 is 0.906 bits per heavy atom. The van der Waals surface area contributed by atoms with Gasteiger partial charge in [-0.25, -0.2) is 0 Å². The summed E-state index contributed by atoms with van der Waals surface area (Å²) in [5, 5.41) is 13.0. The molecule has 0 bridgehead atoms. The van der Waals surface area contributed by atoms with Crippen molar-refractivity contribution in [1.82, 2.24) is 4.98 Å². The molecule has 53 heavy (non-hydrogen) atoms. The molecule has 0 aliphatic heterocycles. The van der Waals surface area contributed by atoms with Gasteiger partial charge in [0.2, 0.25) is 0 Å². The summed E-state index contributed by atoms with van der Waals surface area (Å²) in [7, 11) is 0. The molecule has 6 aromatic rings. The maximum Gasteiger partial charge on any atom is 0.567 e. The maximum absolute atomic E-state index is 14.4. The molecule has 0 saturated heterocycles. The molecule has 0 atom stereocenters. The van der Waals surface area contributed by atoms with Crippen LogP contribution in [-0.4, -0.2) is 22.1 Å². The largest absolute Gasteiger partial charge is 0.567 e. The van der Waals surface area contributed by atoms with Crippen molar-refractivity contribution in [1.29, 1.82) is 0 Å². The molecule has 1 radical (unpaired) electrons. The van der Waals surface area contributed by atoms with Gasteiger partial charge in [-0.15, -0.1) is 58.2 Å². The Balaban J connectivity index is 0.000000418. The number of aromatic nitrogens is 2. The molecule has 0 fully saturated rings. The second kappa shape index (κ2) is 15.3. The summed E-state index contributed by atoms with van der Waals surface area (Å²) in [6.45, 7) is 15.3. The smallest absolute Gasteiger partial charge is 0.512 e. The third-order valence-electron chi connectivity index (χ3n) is 8.87. The molecule has 2 heterocycles. The number of aryl methyl sites for hydroxylation is 3. The molecule has 0 aliphatic rings. The number of halogens is 6. The van der Waals surface area contributed by atoms with E-state index in [1.54, 1.807) is 6.92 Å². The quantitative estimate of drug-likeness (QED) is 0.0630. The van der Waals surface area contributed by atoms with E-state index in [0.717, 1.165) is 55.0 Å². The first-order valence-corrected chi connectivity index (χ1v) is 17.3. The molecule has 4 nitrogen and oxygen atoms in total. The molecule has 0 aliphatic carbocycles. The van der Waals surface area contributed by atoms with E-state index >= 15 is 0 Å². The molecule has 0 unspecified atom stereocenters. The minimum atomic E-state index is -4.90.